The highest BCUT2D eigenvalue weighted by Crippen LogP contribution is 2.34. The molecule has 1 aliphatic rings. The minimum atomic E-state index is -0.0866. The van der Waals surface area contributed by atoms with Crippen molar-refractivity contribution in [1.82, 2.24) is 15.1 Å². The Labute approximate surface area is 215 Å². The van der Waals surface area contributed by atoms with Gasteiger partial charge in [0.1, 0.15) is 0 Å². The Morgan fingerprint density at radius 1 is 1.17 bits per heavy atom. The third-order valence-electron chi connectivity index (χ3n) is 6.92. The molecule has 1 unspecified atom stereocenters. The first-order valence-electron chi connectivity index (χ1n) is 12.6. The second-order valence-electron chi connectivity index (χ2n) is 9.35. The molecule has 0 bridgehead atoms. The first-order valence-corrected chi connectivity index (χ1v) is 13.5. The summed E-state index contributed by atoms with van der Waals surface area (Å²) in [5.41, 5.74) is 5.75. The summed E-state index contributed by atoms with van der Waals surface area (Å²) in [5.74, 6) is -0.0866. The number of fused-ring (bicyclic) bond motifs is 1. The van der Waals surface area contributed by atoms with Crippen LogP contribution in [0.15, 0.2) is 53.9 Å². The Morgan fingerprint density at radius 2 is 2.00 bits per heavy atom. The average molecular weight is 501 g/mol. The van der Waals surface area contributed by atoms with E-state index in [0.717, 1.165) is 69.8 Å². The molecule has 0 saturated carbocycles. The number of aliphatic hydroxyl groups is 1. The molecule has 2 aromatic heterocycles. The number of aromatic nitrogens is 2. The van der Waals surface area contributed by atoms with E-state index in [9.17, 15) is 9.90 Å². The van der Waals surface area contributed by atoms with Gasteiger partial charge in [0.05, 0.1) is 16.1 Å². The maximum atomic E-state index is 13.1. The number of benzene rings is 2. The third kappa shape index (κ3) is 5.28. The van der Waals surface area contributed by atoms with Crippen LogP contribution in [0.4, 0.5) is 5.69 Å². The largest absolute Gasteiger partial charge is 0.396 e. The third-order valence-corrected chi connectivity index (χ3v) is 7.93. The van der Waals surface area contributed by atoms with Crippen molar-refractivity contribution >= 4 is 46.0 Å². The maximum absolute atomic E-state index is 13.1. The number of H-pyrrole nitrogens is 1. The van der Waals surface area contributed by atoms with Crippen LogP contribution >= 0.6 is 11.3 Å². The Morgan fingerprint density at radius 3 is 2.78 bits per heavy atom. The number of para-hydroxylation sites is 1. The Kier molecular flexibility index (Phi) is 7.60. The van der Waals surface area contributed by atoms with Crippen molar-refractivity contribution in [3.8, 4) is 0 Å². The first-order chi connectivity index (χ1) is 17.6. The van der Waals surface area contributed by atoms with Crippen molar-refractivity contribution in [2.45, 2.75) is 38.6 Å². The SMILES string of the molecule is Cc1ccsc1C(=O)Nc1ccc(/C=C/c2n[nH]c3ccccc23)cc1C(CCO)N1CCCCC1. The number of likely N-dealkylation sites (tertiary alicyclic amines) is 1. The molecule has 186 valence electrons. The fourth-order valence-electron chi connectivity index (χ4n) is 5.03. The summed E-state index contributed by atoms with van der Waals surface area (Å²) in [4.78, 5) is 16.3. The number of nitrogens with one attached hydrogen (secondary N) is 2. The summed E-state index contributed by atoms with van der Waals surface area (Å²) in [5, 5.41) is 23.7. The molecule has 7 heteroatoms. The molecule has 3 N–H and O–H groups in total. The molecule has 5 rings (SSSR count). The maximum Gasteiger partial charge on any atom is 0.266 e. The summed E-state index contributed by atoms with van der Waals surface area (Å²) >= 11 is 1.46. The number of aromatic amines is 1. The molecule has 4 aromatic rings. The van der Waals surface area contributed by atoms with Crippen LogP contribution in [0.2, 0.25) is 0 Å². The number of aryl methyl sites for hydroxylation is 1. The van der Waals surface area contributed by atoms with E-state index < -0.39 is 0 Å². The molecule has 1 fully saturated rings. The molecule has 0 aliphatic carbocycles. The van der Waals surface area contributed by atoms with Crippen LogP contribution in [-0.4, -0.2) is 45.8 Å². The predicted molar refractivity (Wildman–Crippen MR) is 148 cm³/mol. The molecule has 2 aromatic carbocycles. The van der Waals surface area contributed by atoms with E-state index in [1.807, 2.05) is 54.8 Å². The summed E-state index contributed by atoms with van der Waals surface area (Å²) in [6, 6.07) is 16.3. The Bertz CT molecular complexity index is 1370. The number of aliphatic hydroxyl groups excluding tert-OH is 1. The number of hydrogen-bond acceptors (Lipinski definition) is 5. The van der Waals surface area contributed by atoms with Gasteiger partial charge >= 0.3 is 0 Å². The van der Waals surface area contributed by atoms with Crippen LogP contribution in [0.1, 0.15) is 63.8 Å². The number of carbonyl (C=O) groups is 1. The van der Waals surface area contributed by atoms with Gasteiger partial charge in [-0.1, -0.05) is 36.8 Å². The molecular formula is C29H32N4O2S. The van der Waals surface area contributed by atoms with Gasteiger partial charge in [0.2, 0.25) is 0 Å². The number of amides is 1. The standard InChI is InChI=1S/C29H32N4O2S/c1-20-14-18-36-28(20)29(35)30-24-11-9-21(10-12-26-22-7-3-4-8-25(22)31-32-26)19-23(24)27(13-17-34)33-15-5-2-6-16-33/h3-4,7-12,14,18-19,27,34H,2,5-6,13,15-17H2,1H3,(H,30,35)(H,31,32)/b12-10+. The fraction of sp³-hybridized carbons (Fsp3) is 0.310. The minimum absolute atomic E-state index is 0.0367. The molecular weight excluding hydrogens is 468 g/mol. The van der Waals surface area contributed by atoms with Crippen LogP contribution in [0.3, 0.4) is 0 Å². The summed E-state index contributed by atoms with van der Waals surface area (Å²) < 4.78 is 0. The number of anilines is 1. The number of hydrogen-bond donors (Lipinski definition) is 3. The van der Waals surface area contributed by atoms with Crippen LogP contribution in [0.5, 0.6) is 0 Å². The zero-order valence-corrected chi connectivity index (χ0v) is 21.4. The lowest BCUT2D eigenvalue weighted by Crippen LogP contribution is -2.34. The van der Waals surface area contributed by atoms with E-state index in [0.29, 0.717) is 6.42 Å². The number of piperidine rings is 1. The van der Waals surface area contributed by atoms with Gasteiger partial charge in [-0.2, -0.15) is 5.10 Å². The second-order valence-corrected chi connectivity index (χ2v) is 10.3. The van der Waals surface area contributed by atoms with Gasteiger partial charge in [0.25, 0.3) is 5.91 Å². The Balaban J connectivity index is 1.50. The monoisotopic (exact) mass is 500 g/mol. The van der Waals surface area contributed by atoms with Crippen molar-refractivity contribution in [2.24, 2.45) is 0 Å². The normalized spacial score (nSPS) is 15.5. The van der Waals surface area contributed by atoms with Crippen molar-refractivity contribution in [3.05, 3.63) is 81.2 Å². The number of rotatable bonds is 8. The molecule has 1 amide bonds. The highest BCUT2D eigenvalue weighted by atomic mass is 32.1. The van der Waals surface area contributed by atoms with E-state index in [2.05, 4.69) is 38.6 Å². The molecule has 6 nitrogen and oxygen atoms in total. The van der Waals surface area contributed by atoms with Crippen molar-refractivity contribution in [1.29, 1.82) is 0 Å². The predicted octanol–water partition coefficient (Wildman–Crippen LogP) is 6.26. The molecule has 3 heterocycles. The number of carbonyl (C=O) groups excluding carboxylic acids is 1. The molecule has 1 aliphatic heterocycles. The van der Waals surface area contributed by atoms with Gasteiger partial charge in [0.15, 0.2) is 0 Å². The van der Waals surface area contributed by atoms with Crippen LogP contribution < -0.4 is 5.32 Å². The quantitative estimate of drug-likeness (QED) is 0.267. The smallest absolute Gasteiger partial charge is 0.266 e. The van der Waals surface area contributed by atoms with Gasteiger partial charge in [-0.05, 0) is 91.7 Å². The lowest BCUT2D eigenvalue weighted by atomic mass is 9.95. The van der Waals surface area contributed by atoms with Gasteiger partial charge in [-0.25, -0.2) is 0 Å². The lowest BCUT2D eigenvalue weighted by molar-refractivity contribution is 0.102. The topological polar surface area (TPSA) is 81.2 Å². The van der Waals surface area contributed by atoms with E-state index >= 15 is 0 Å². The highest BCUT2D eigenvalue weighted by molar-refractivity contribution is 7.12. The van der Waals surface area contributed by atoms with E-state index in [-0.39, 0.29) is 18.6 Å². The highest BCUT2D eigenvalue weighted by Gasteiger charge is 2.25. The van der Waals surface area contributed by atoms with Crippen LogP contribution in [-0.2, 0) is 0 Å². The van der Waals surface area contributed by atoms with Crippen molar-refractivity contribution < 1.29 is 9.90 Å². The zero-order valence-electron chi connectivity index (χ0n) is 20.5. The summed E-state index contributed by atoms with van der Waals surface area (Å²) in [7, 11) is 0. The summed E-state index contributed by atoms with van der Waals surface area (Å²) in [6.45, 7) is 4.06. The molecule has 1 saturated heterocycles. The van der Waals surface area contributed by atoms with Gasteiger partial charge < -0.3 is 10.4 Å². The van der Waals surface area contributed by atoms with Gasteiger partial charge in [-0.3, -0.25) is 14.8 Å². The van der Waals surface area contributed by atoms with Gasteiger partial charge in [0, 0.05) is 23.7 Å². The second kappa shape index (κ2) is 11.2. The van der Waals surface area contributed by atoms with E-state index in [1.54, 1.807) is 0 Å². The summed E-state index contributed by atoms with van der Waals surface area (Å²) in [6.07, 6.45) is 8.26. The Hall–Kier alpha value is -3.26. The van der Waals surface area contributed by atoms with E-state index in [4.69, 9.17) is 0 Å². The number of thiophene rings is 1. The molecule has 36 heavy (non-hydrogen) atoms. The number of nitrogens with zero attached hydrogens (tertiary/aromatic N) is 2. The van der Waals surface area contributed by atoms with Crippen molar-refractivity contribution in [2.75, 3.05) is 25.0 Å². The van der Waals surface area contributed by atoms with Crippen molar-refractivity contribution in [3.63, 3.8) is 0 Å². The molecule has 1 atom stereocenters. The fourth-order valence-corrected chi connectivity index (χ4v) is 5.85. The van der Waals surface area contributed by atoms with Crippen LogP contribution in [0, 0.1) is 6.92 Å². The minimum Gasteiger partial charge on any atom is -0.396 e. The zero-order chi connectivity index (χ0) is 24.9. The molecule has 0 radical (unpaired) electrons. The molecule has 0 spiro atoms. The van der Waals surface area contributed by atoms with Gasteiger partial charge in [-0.15, -0.1) is 11.3 Å². The first kappa shape index (κ1) is 24.4. The van der Waals surface area contributed by atoms with E-state index in [1.165, 1.54) is 17.8 Å². The van der Waals surface area contributed by atoms with Crippen LogP contribution in [0.25, 0.3) is 23.1 Å². The average Bonchev–Trinajstić information content (AvgIpc) is 3.53. The lowest BCUT2D eigenvalue weighted by Gasteiger charge is -2.35.